The van der Waals surface area contributed by atoms with Gasteiger partial charge < -0.3 is 18.9 Å². The molecule has 0 bridgehead atoms. The number of nitrogens with zero attached hydrogens (tertiary/aromatic N) is 4. The van der Waals surface area contributed by atoms with Crippen LogP contribution in [0, 0.1) is 0 Å². The van der Waals surface area contributed by atoms with Crippen molar-refractivity contribution in [2.45, 2.75) is 51.4 Å². The molecule has 0 saturated heterocycles. The molecule has 34 heavy (non-hydrogen) atoms. The first-order valence-corrected chi connectivity index (χ1v) is 11.4. The summed E-state index contributed by atoms with van der Waals surface area (Å²) in [6.45, 7) is 3.19. The fourth-order valence-corrected chi connectivity index (χ4v) is 4.10. The van der Waals surface area contributed by atoms with E-state index in [1.54, 1.807) is 13.3 Å². The van der Waals surface area contributed by atoms with Gasteiger partial charge in [0, 0.05) is 20.1 Å². The number of esters is 1. The summed E-state index contributed by atoms with van der Waals surface area (Å²) in [5, 5.41) is 5.26. The lowest BCUT2D eigenvalue weighted by molar-refractivity contribution is -0.166. The van der Waals surface area contributed by atoms with Gasteiger partial charge in [0.05, 0.1) is 20.4 Å². The lowest BCUT2D eigenvalue weighted by Crippen LogP contribution is -2.42. The van der Waals surface area contributed by atoms with E-state index >= 15 is 0 Å². The van der Waals surface area contributed by atoms with E-state index in [1.807, 2.05) is 35.0 Å². The first kappa shape index (κ1) is 23.7. The molecule has 0 spiro atoms. The SMILES string of the molecule is CCCn1ncc2c(OCc3ccc(OC)cc3)nc(C3=CCC(OC)(C(=O)OC)CC3)nc21. The second kappa shape index (κ2) is 10.2. The summed E-state index contributed by atoms with van der Waals surface area (Å²) in [5.41, 5.74) is 1.70. The monoisotopic (exact) mass is 466 g/mol. The van der Waals surface area contributed by atoms with E-state index in [9.17, 15) is 4.79 Å². The third-order valence-corrected chi connectivity index (χ3v) is 6.14. The third kappa shape index (κ3) is 4.61. The molecule has 2 aromatic heterocycles. The van der Waals surface area contributed by atoms with Crippen LogP contribution in [0.5, 0.6) is 11.6 Å². The highest BCUT2D eigenvalue weighted by molar-refractivity contribution is 5.84. The van der Waals surface area contributed by atoms with Crippen molar-refractivity contribution >= 4 is 22.6 Å². The van der Waals surface area contributed by atoms with Crippen LogP contribution in [-0.4, -0.2) is 52.6 Å². The van der Waals surface area contributed by atoms with Crippen LogP contribution in [0.3, 0.4) is 0 Å². The Kier molecular flexibility index (Phi) is 7.12. The molecule has 0 N–H and O–H groups in total. The standard InChI is InChI=1S/C25H30N4O5/c1-5-14-29-22-20(15-26-29)23(34-16-17-6-8-19(31-2)9-7-17)28-21(27-22)18-10-12-25(33-4,13-11-18)24(30)32-3/h6-10,15H,5,11-14,16H2,1-4H3. The van der Waals surface area contributed by atoms with Crippen molar-refractivity contribution in [3.05, 3.63) is 47.9 Å². The predicted octanol–water partition coefficient (Wildman–Crippen LogP) is 3.95. The highest BCUT2D eigenvalue weighted by Gasteiger charge is 2.41. The van der Waals surface area contributed by atoms with Gasteiger partial charge in [0.2, 0.25) is 5.88 Å². The Bertz CT molecular complexity index is 1190. The van der Waals surface area contributed by atoms with Crippen LogP contribution in [-0.2, 0) is 27.4 Å². The van der Waals surface area contributed by atoms with Gasteiger partial charge in [-0.1, -0.05) is 25.1 Å². The average molecular weight is 467 g/mol. The summed E-state index contributed by atoms with van der Waals surface area (Å²) in [6, 6.07) is 7.71. The van der Waals surface area contributed by atoms with E-state index < -0.39 is 5.60 Å². The number of carbonyl (C=O) groups is 1. The van der Waals surface area contributed by atoms with E-state index in [0.29, 0.717) is 37.6 Å². The molecule has 0 saturated carbocycles. The zero-order valence-corrected chi connectivity index (χ0v) is 20.0. The number of aryl methyl sites for hydroxylation is 1. The molecule has 0 fully saturated rings. The zero-order chi connectivity index (χ0) is 24.1. The number of fused-ring (bicyclic) bond motifs is 1. The largest absolute Gasteiger partial charge is 0.497 e. The summed E-state index contributed by atoms with van der Waals surface area (Å²) in [6.07, 6.45) is 6.09. The fourth-order valence-electron chi connectivity index (χ4n) is 4.10. The Morgan fingerprint density at radius 2 is 1.94 bits per heavy atom. The Balaban J connectivity index is 1.66. The minimum Gasteiger partial charge on any atom is -0.497 e. The highest BCUT2D eigenvalue weighted by Crippen LogP contribution is 2.36. The van der Waals surface area contributed by atoms with Crippen LogP contribution in [0.4, 0.5) is 0 Å². The molecule has 3 aromatic rings. The van der Waals surface area contributed by atoms with E-state index in [4.69, 9.17) is 28.9 Å². The molecule has 9 nitrogen and oxygen atoms in total. The van der Waals surface area contributed by atoms with Crippen LogP contribution >= 0.6 is 0 Å². The van der Waals surface area contributed by atoms with Crippen molar-refractivity contribution in [2.75, 3.05) is 21.3 Å². The lowest BCUT2D eigenvalue weighted by Gasteiger charge is -2.32. The summed E-state index contributed by atoms with van der Waals surface area (Å²) in [5.74, 6) is 1.48. The number of hydrogen-bond donors (Lipinski definition) is 0. The number of benzene rings is 1. The van der Waals surface area contributed by atoms with Crippen molar-refractivity contribution in [1.29, 1.82) is 0 Å². The maximum Gasteiger partial charge on any atom is 0.338 e. The number of aromatic nitrogens is 4. The smallest absolute Gasteiger partial charge is 0.338 e. The number of allylic oxidation sites excluding steroid dienone is 1. The maximum absolute atomic E-state index is 12.3. The number of methoxy groups -OCH3 is 3. The van der Waals surface area contributed by atoms with Gasteiger partial charge in [0.1, 0.15) is 17.7 Å². The Labute approximate surface area is 198 Å². The van der Waals surface area contributed by atoms with Crippen molar-refractivity contribution in [3.8, 4) is 11.6 Å². The Hall–Kier alpha value is -3.46. The normalized spacial score (nSPS) is 17.9. The topological polar surface area (TPSA) is 97.6 Å². The fraction of sp³-hybridized carbons (Fsp3) is 0.440. The molecule has 1 aliphatic rings. The minimum absolute atomic E-state index is 0.350. The van der Waals surface area contributed by atoms with Gasteiger partial charge >= 0.3 is 5.97 Å². The van der Waals surface area contributed by atoms with Crippen LogP contribution in [0.1, 0.15) is 44.0 Å². The first-order chi connectivity index (χ1) is 16.5. The van der Waals surface area contributed by atoms with Crippen LogP contribution < -0.4 is 9.47 Å². The van der Waals surface area contributed by atoms with Gasteiger partial charge in [-0.2, -0.15) is 10.1 Å². The molecule has 180 valence electrons. The van der Waals surface area contributed by atoms with Gasteiger partial charge in [-0.05, 0) is 42.5 Å². The molecule has 4 rings (SSSR count). The van der Waals surface area contributed by atoms with Crippen molar-refractivity contribution in [1.82, 2.24) is 19.7 Å². The summed E-state index contributed by atoms with van der Waals surface area (Å²) < 4.78 is 23.8. The highest BCUT2D eigenvalue weighted by atomic mass is 16.6. The maximum atomic E-state index is 12.3. The minimum atomic E-state index is -0.972. The van der Waals surface area contributed by atoms with Gasteiger partial charge in [-0.3, -0.25) is 0 Å². The molecule has 1 aromatic carbocycles. The zero-order valence-electron chi connectivity index (χ0n) is 20.0. The van der Waals surface area contributed by atoms with Crippen LogP contribution in [0.15, 0.2) is 36.5 Å². The van der Waals surface area contributed by atoms with E-state index in [-0.39, 0.29) is 5.97 Å². The molecule has 1 aliphatic carbocycles. The second-order valence-electron chi connectivity index (χ2n) is 8.22. The van der Waals surface area contributed by atoms with Crippen LogP contribution in [0.25, 0.3) is 16.6 Å². The molecule has 1 unspecified atom stereocenters. The van der Waals surface area contributed by atoms with Crippen molar-refractivity contribution in [3.63, 3.8) is 0 Å². The van der Waals surface area contributed by atoms with Gasteiger partial charge in [0.25, 0.3) is 0 Å². The van der Waals surface area contributed by atoms with Crippen molar-refractivity contribution < 1.29 is 23.7 Å². The molecule has 2 heterocycles. The van der Waals surface area contributed by atoms with E-state index in [0.717, 1.165) is 40.9 Å². The van der Waals surface area contributed by atoms with Gasteiger partial charge in [-0.15, -0.1) is 0 Å². The molecule has 0 aliphatic heterocycles. The summed E-state index contributed by atoms with van der Waals surface area (Å²) in [4.78, 5) is 21.9. The first-order valence-electron chi connectivity index (χ1n) is 11.4. The number of rotatable bonds is 9. The number of ether oxygens (including phenoxy) is 4. The number of hydrogen-bond acceptors (Lipinski definition) is 8. The molecule has 9 heteroatoms. The molecular formula is C25H30N4O5. The molecule has 0 radical (unpaired) electrons. The second-order valence-corrected chi connectivity index (χ2v) is 8.22. The predicted molar refractivity (Wildman–Crippen MR) is 127 cm³/mol. The molecular weight excluding hydrogens is 436 g/mol. The van der Waals surface area contributed by atoms with E-state index in [1.165, 1.54) is 14.2 Å². The quantitative estimate of drug-likeness (QED) is 0.437. The Morgan fingerprint density at radius 1 is 1.15 bits per heavy atom. The summed E-state index contributed by atoms with van der Waals surface area (Å²) in [7, 11) is 4.55. The lowest BCUT2D eigenvalue weighted by atomic mass is 9.85. The summed E-state index contributed by atoms with van der Waals surface area (Å²) >= 11 is 0. The number of carbonyl (C=O) groups excluding carboxylic acids is 1. The third-order valence-electron chi connectivity index (χ3n) is 6.14. The van der Waals surface area contributed by atoms with Crippen LogP contribution in [0.2, 0.25) is 0 Å². The molecule has 0 amide bonds. The van der Waals surface area contributed by atoms with Crippen molar-refractivity contribution in [2.24, 2.45) is 0 Å². The molecule has 1 atom stereocenters. The average Bonchev–Trinajstić information content (AvgIpc) is 3.30. The van der Waals surface area contributed by atoms with Gasteiger partial charge in [-0.25, -0.2) is 14.5 Å². The van der Waals surface area contributed by atoms with E-state index in [2.05, 4.69) is 12.0 Å². The Morgan fingerprint density at radius 3 is 2.56 bits per heavy atom. The van der Waals surface area contributed by atoms with Gasteiger partial charge in [0.15, 0.2) is 17.1 Å².